The maximum absolute atomic E-state index is 11.1. The highest BCUT2D eigenvalue weighted by atomic mass is 32.1. The molecule has 0 aromatic carbocycles. The molecule has 0 aliphatic carbocycles. The van der Waals surface area contributed by atoms with E-state index in [0.29, 0.717) is 11.4 Å². The van der Waals surface area contributed by atoms with Crippen LogP contribution in [-0.4, -0.2) is 20.3 Å². The van der Waals surface area contributed by atoms with Crippen molar-refractivity contribution in [3.8, 4) is 12.3 Å². The average Bonchev–Trinajstić information content (AvgIpc) is 2.87. The van der Waals surface area contributed by atoms with E-state index in [9.17, 15) is 10.1 Å². The number of hydrogen-bond donors (Lipinski definition) is 1. The second kappa shape index (κ2) is 5.06. The number of nitrogens with zero attached hydrogens (tertiary/aromatic N) is 3. The van der Waals surface area contributed by atoms with Crippen LogP contribution in [0.1, 0.15) is 19.8 Å². The minimum absolute atomic E-state index is 0.00157. The van der Waals surface area contributed by atoms with Crippen molar-refractivity contribution in [2.75, 3.05) is 5.32 Å². The summed E-state index contributed by atoms with van der Waals surface area (Å²) in [7, 11) is 0. The lowest BCUT2D eigenvalue weighted by atomic mass is 10.1. The maximum atomic E-state index is 11.1. The first-order valence-corrected chi connectivity index (χ1v) is 6.35. The van der Waals surface area contributed by atoms with Gasteiger partial charge in [-0.3, -0.25) is 0 Å². The van der Waals surface area contributed by atoms with Gasteiger partial charge in [0.25, 0.3) is 4.96 Å². The summed E-state index contributed by atoms with van der Waals surface area (Å²) >= 11 is 1.35. The Bertz CT molecular complexity index is 610. The Morgan fingerprint density at radius 1 is 1.78 bits per heavy atom. The molecular weight excluding hydrogens is 252 g/mol. The number of fused-ring (bicyclic) bond motifs is 1. The number of aromatic nitrogens is 2. The predicted molar refractivity (Wildman–Crippen MR) is 70.9 cm³/mol. The van der Waals surface area contributed by atoms with Crippen LogP contribution >= 0.6 is 11.3 Å². The zero-order valence-corrected chi connectivity index (χ0v) is 10.6. The summed E-state index contributed by atoms with van der Waals surface area (Å²) in [6.07, 6.45) is 8.20. The molecule has 0 bridgehead atoms. The van der Waals surface area contributed by atoms with Crippen LogP contribution in [0.25, 0.3) is 4.96 Å². The van der Waals surface area contributed by atoms with Crippen LogP contribution in [0.4, 0.5) is 11.6 Å². The fraction of sp³-hybridized carbons (Fsp3) is 0.364. The van der Waals surface area contributed by atoms with Gasteiger partial charge in [0.1, 0.15) is 6.20 Å². The van der Waals surface area contributed by atoms with E-state index in [-0.39, 0.29) is 17.7 Å². The summed E-state index contributed by atoms with van der Waals surface area (Å²) in [4.78, 5) is 15.5. The second-order valence-electron chi connectivity index (χ2n) is 3.75. The highest BCUT2D eigenvalue weighted by Crippen LogP contribution is 2.28. The molecule has 6 nitrogen and oxygen atoms in total. The molecule has 7 heteroatoms. The van der Waals surface area contributed by atoms with Gasteiger partial charge in [0.05, 0.1) is 0 Å². The normalized spacial score (nSPS) is 12.2. The van der Waals surface area contributed by atoms with Gasteiger partial charge in [0, 0.05) is 17.8 Å². The third kappa shape index (κ3) is 2.15. The topological polar surface area (TPSA) is 72.5 Å². The van der Waals surface area contributed by atoms with E-state index in [1.807, 2.05) is 6.92 Å². The first kappa shape index (κ1) is 12.4. The molecule has 2 aromatic heterocycles. The first-order chi connectivity index (χ1) is 8.67. The Morgan fingerprint density at radius 2 is 2.56 bits per heavy atom. The summed E-state index contributed by atoms with van der Waals surface area (Å²) < 4.78 is 1.47. The van der Waals surface area contributed by atoms with Gasteiger partial charge in [-0.1, -0.05) is 18.3 Å². The fourth-order valence-electron chi connectivity index (χ4n) is 1.68. The Kier molecular flexibility index (Phi) is 3.48. The van der Waals surface area contributed by atoms with Crippen LogP contribution in [0.5, 0.6) is 0 Å². The molecule has 0 saturated carbocycles. The molecule has 1 N–H and O–H groups in total. The molecule has 2 aromatic rings. The third-order valence-electron chi connectivity index (χ3n) is 2.61. The van der Waals surface area contributed by atoms with Gasteiger partial charge in [-0.25, -0.2) is 0 Å². The van der Waals surface area contributed by atoms with Crippen molar-refractivity contribution < 1.29 is 4.92 Å². The standard InChI is InChI=1S/C11H12N4O2S/c1-3-5-8(4-2)12-9-10(15(16)17)14-6-7-18-11(14)13-9/h1,6-8,12H,4-5H2,2H3. The molecule has 0 saturated heterocycles. The molecule has 18 heavy (non-hydrogen) atoms. The van der Waals surface area contributed by atoms with Crippen molar-refractivity contribution >= 4 is 27.9 Å². The molecule has 2 heterocycles. The average molecular weight is 264 g/mol. The van der Waals surface area contributed by atoms with Crippen LogP contribution in [0.15, 0.2) is 11.6 Å². The molecule has 0 spiro atoms. The van der Waals surface area contributed by atoms with E-state index < -0.39 is 4.92 Å². The first-order valence-electron chi connectivity index (χ1n) is 5.47. The number of terminal acetylenes is 1. The van der Waals surface area contributed by atoms with E-state index >= 15 is 0 Å². The van der Waals surface area contributed by atoms with Gasteiger partial charge < -0.3 is 15.4 Å². The number of hydrogen-bond acceptors (Lipinski definition) is 5. The quantitative estimate of drug-likeness (QED) is 0.511. The van der Waals surface area contributed by atoms with E-state index in [1.54, 1.807) is 11.6 Å². The molecule has 1 atom stereocenters. The largest absolute Gasteiger partial charge is 0.372 e. The zero-order chi connectivity index (χ0) is 13.1. The molecule has 0 aliphatic heterocycles. The van der Waals surface area contributed by atoms with E-state index in [4.69, 9.17) is 6.42 Å². The Balaban J connectivity index is 2.38. The Hall–Kier alpha value is -2.07. The van der Waals surface area contributed by atoms with Crippen LogP contribution in [0.3, 0.4) is 0 Å². The second-order valence-corrected chi connectivity index (χ2v) is 4.63. The molecule has 2 rings (SSSR count). The molecule has 0 fully saturated rings. The number of rotatable bonds is 5. The Labute approximate surface area is 108 Å². The number of nitrogens with one attached hydrogen (secondary N) is 1. The third-order valence-corrected chi connectivity index (χ3v) is 3.36. The molecular formula is C11H12N4O2S. The molecule has 0 amide bonds. The van der Waals surface area contributed by atoms with Gasteiger partial charge >= 0.3 is 5.82 Å². The zero-order valence-electron chi connectivity index (χ0n) is 9.79. The highest BCUT2D eigenvalue weighted by molar-refractivity contribution is 7.15. The van der Waals surface area contributed by atoms with Crippen molar-refractivity contribution in [2.45, 2.75) is 25.8 Å². The van der Waals surface area contributed by atoms with Gasteiger partial charge in [-0.15, -0.1) is 12.3 Å². The van der Waals surface area contributed by atoms with Gasteiger partial charge in [0.15, 0.2) is 0 Å². The van der Waals surface area contributed by atoms with Crippen molar-refractivity contribution in [3.05, 3.63) is 21.7 Å². The van der Waals surface area contributed by atoms with Crippen molar-refractivity contribution in [2.24, 2.45) is 0 Å². The number of thiazole rings is 1. The smallest absolute Gasteiger partial charge is 0.359 e. The molecule has 1 unspecified atom stereocenters. The lowest BCUT2D eigenvalue weighted by Crippen LogP contribution is -2.18. The maximum Gasteiger partial charge on any atom is 0.372 e. The summed E-state index contributed by atoms with van der Waals surface area (Å²) in [6.45, 7) is 1.97. The van der Waals surface area contributed by atoms with Crippen molar-refractivity contribution in [1.82, 2.24) is 9.38 Å². The lowest BCUT2D eigenvalue weighted by molar-refractivity contribution is -0.389. The summed E-state index contributed by atoms with van der Waals surface area (Å²) in [5.41, 5.74) is 0. The minimum atomic E-state index is -0.433. The van der Waals surface area contributed by atoms with Gasteiger partial charge in [0.2, 0.25) is 5.82 Å². The SMILES string of the molecule is C#CCC(CC)Nc1nc2sccn2c1[N+](=O)[O-]. The summed E-state index contributed by atoms with van der Waals surface area (Å²) in [6, 6.07) is -0.00157. The fourth-order valence-corrected chi connectivity index (χ4v) is 2.39. The highest BCUT2D eigenvalue weighted by Gasteiger charge is 2.24. The molecule has 94 valence electrons. The van der Waals surface area contributed by atoms with E-state index in [1.165, 1.54) is 15.7 Å². The number of nitro groups is 1. The van der Waals surface area contributed by atoms with E-state index in [2.05, 4.69) is 16.2 Å². The predicted octanol–water partition coefficient (Wildman–Crippen LogP) is 2.52. The summed E-state index contributed by atoms with van der Waals surface area (Å²) in [5.74, 6) is 2.80. The number of imidazole rings is 1. The van der Waals surface area contributed by atoms with Crippen LogP contribution in [-0.2, 0) is 0 Å². The van der Waals surface area contributed by atoms with E-state index in [0.717, 1.165) is 6.42 Å². The number of anilines is 1. The summed E-state index contributed by atoms with van der Waals surface area (Å²) in [5, 5.41) is 15.9. The van der Waals surface area contributed by atoms with Crippen molar-refractivity contribution in [1.29, 1.82) is 0 Å². The van der Waals surface area contributed by atoms with Crippen LogP contribution in [0, 0.1) is 22.5 Å². The van der Waals surface area contributed by atoms with Crippen LogP contribution < -0.4 is 5.32 Å². The monoisotopic (exact) mass is 264 g/mol. The molecule has 0 aliphatic rings. The van der Waals surface area contributed by atoms with Gasteiger partial charge in [-0.05, 0) is 11.3 Å². The Morgan fingerprint density at radius 3 is 3.17 bits per heavy atom. The molecule has 0 radical (unpaired) electrons. The van der Waals surface area contributed by atoms with Crippen LogP contribution in [0.2, 0.25) is 0 Å². The van der Waals surface area contributed by atoms with Crippen molar-refractivity contribution in [3.63, 3.8) is 0 Å². The van der Waals surface area contributed by atoms with Gasteiger partial charge in [-0.2, -0.15) is 9.38 Å². The lowest BCUT2D eigenvalue weighted by Gasteiger charge is -2.12. The minimum Gasteiger partial charge on any atom is -0.359 e.